The van der Waals surface area contributed by atoms with Gasteiger partial charge in [-0.2, -0.15) is 0 Å². The first-order valence-corrected chi connectivity index (χ1v) is 3.98. The molecule has 0 fully saturated rings. The Morgan fingerprint density at radius 3 is 2.50 bits per heavy atom. The van der Waals surface area contributed by atoms with Gasteiger partial charge in [-0.3, -0.25) is 0 Å². The van der Waals surface area contributed by atoms with E-state index in [1.165, 1.54) is 18.2 Å². The van der Waals surface area contributed by atoms with Gasteiger partial charge in [-0.1, -0.05) is 18.1 Å². The van der Waals surface area contributed by atoms with Gasteiger partial charge in [0.1, 0.15) is 5.75 Å². The topological polar surface area (TPSA) is 46.5 Å². The van der Waals surface area contributed by atoms with Gasteiger partial charge in [-0.05, 0) is 12.1 Å². The minimum absolute atomic E-state index is 0.137. The van der Waals surface area contributed by atoms with Crippen LogP contribution in [-0.4, -0.2) is 17.4 Å². The van der Waals surface area contributed by atoms with Crippen LogP contribution in [0.3, 0.4) is 0 Å². The number of alkyl halides is 3. The number of halogens is 3. The van der Waals surface area contributed by atoms with E-state index in [1.54, 1.807) is 5.92 Å². The van der Waals surface area contributed by atoms with Gasteiger partial charge >= 0.3 is 12.3 Å². The van der Waals surface area contributed by atoms with Gasteiger partial charge in [0.05, 0.1) is 5.56 Å². The molecular weight excluding hydrogens is 225 g/mol. The highest BCUT2D eigenvalue weighted by atomic mass is 19.4. The van der Waals surface area contributed by atoms with E-state index in [9.17, 15) is 18.0 Å². The molecule has 0 aliphatic carbocycles. The molecule has 0 atom stereocenters. The molecule has 0 heterocycles. The highest BCUT2D eigenvalue weighted by Gasteiger charge is 2.31. The normalized spacial score (nSPS) is 10.2. The van der Waals surface area contributed by atoms with Gasteiger partial charge in [-0.25, -0.2) is 4.79 Å². The van der Waals surface area contributed by atoms with E-state index in [-0.39, 0.29) is 5.56 Å². The zero-order valence-corrected chi connectivity index (χ0v) is 7.71. The van der Waals surface area contributed by atoms with Crippen molar-refractivity contribution in [3.05, 3.63) is 29.8 Å². The smallest absolute Gasteiger partial charge is 0.472 e. The molecule has 0 aliphatic heterocycles. The number of carbonyl (C=O) groups is 1. The van der Waals surface area contributed by atoms with Gasteiger partial charge in [0.25, 0.3) is 0 Å². The summed E-state index contributed by atoms with van der Waals surface area (Å²) in [5, 5.41) is 8.26. The van der Waals surface area contributed by atoms with Gasteiger partial charge in [0.2, 0.25) is 0 Å². The first-order valence-electron chi connectivity index (χ1n) is 3.98. The second-order valence-corrected chi connectivity index (χ2v) is 2.60. The van der Waals surface area contributed by atoms with Crippen LogP contribution in [0.25, 0.3) is 0 Å². The van der Waals surface area contributed by atoms with E-state index >= 15 is 0 Å². The highest BCUT2D eigenvalue weighted by Crippen LogP contribution is 2.25. The van der Waals surface area contributed by atoms with Crippen molar-refractivity contribution < 1.29 is 27.8 Å². The Bertz CT molecular complexity index is 454. The lowest BCUT2D eigenvalue weighted by Gasteiger charge is -2.09. The summed E-state index contributed by atoms with van der Waals surface area (Å²) in [6.07, 6.45) is -4.83. The number of benzene rings is 1. The van der Waals surface area contributed by atoms with Crippen LogP contribution < -0.4 is 4.74 Å². The number of hydrogen-bond acceptors (Lipinski definition) is 2. The average molecular weight is 230 g/mol. The van der Waals surface area contributed by atoms with E-state index in [4.69, 9.17) is 5.11 Å². The SMILES string of the molecule is O=C(O)C#Cc1ccccc1OC(F)(F)F. The lowest BCUT2D eigenvalue weighted by Crippen LogP contribution is -2.17. The standard InChI is InChI=1S/C10H5F3O3/c11-10(12,13)16-8-4-2-1-3-7(8)5-6-9(14)15/h1-4H,(H,14,15). The van der Waals surface area contributed by atoms with Gasteiger partial charge in [0.15, 0.2) is 0 Å². The second-order valence-electron chi connectivity index (χ2n) is 2.60. The summed E-state index contributed by atoms with van der Waals surface area (Å²) in [6, 6.07) is 5.04. The largest absolute Gasteiger partial charge is 0.573 e. The third-order valence-corrected chi connectivity index (χ3v) is 1.42. The monoisotopic (exact) mass is 230 g/mol. The number of carboxylic acid groups (broad SMARTS) is 1. The Kier molecular flexibility index (Phi) is 3.40. The third kappa shape index (κ3) is 3.92. The van der Waals surface area contributed by atoms with Crippen molar-refractivity contribution in [1.82, 2.24) is 0 Å². The Morgan fingerprint density at radius 2 is 1.94 bits per heavy atom. The summed E-state index contributed by atoms with van der Waals surface area (Å²) < 4.78 is 39.5. The van der Waals surface area contributed by atoms with Crippen LogP contribution in [0.2, 0.25) is 0 Å². The van der Waals surface area contributed by atoms with Gasteiger partial charge in [-0.15, -0.1) is 13.2 Å². The third-order valence-electron chi connectivity index (χ3n) is 1.42. The minimum Gasteiger partial charge on any atom is -0.472 e. The molecule has 0 bridgehead atoms. The van der Waals surface area contributed by atoms with Crippen molar-refractivity contribution in [2.24, 2.45) is 0 Å². The quantitative estimate of drug-likeness (QED) is 0.751. The van der Waals surface area contributed by atoms with Crippen molar-refractivity contribution >= 4 is 5.97 Å². The fraction of sp³-hybridized carbons (Fsp3) is 0.100. The lowest BCUT2D eigenvalue weighted by atomic mass is 10.2. The maximum absolute atomic E-state index is 11.9. The molecule has 1 N–H and O–H groups in total. The molecule has 0 spiro atoms. The Hall–Kier alpha value is -2.16. The number of aliphatic carboxylic acids is 1. The summed E-state index contributed by atoms with van der Waals surface area (Å²) in [6.45, 7) is 0. The van der Waals surface area contributed by atoms with Crippen LogP contribution in [0.4, 0.5) is 13.2 Å². The lowest BCUT2D eigenvalue weighted by molar-refractivity contribution is -0.274. The average Bonchev–Trinajstić information content (AvgIpc) is 2.14. The number of hydrogen-bond donors (Lipinski definition) is 1. The Labute approximate surface area is 88.5 Å². The molecule has 0 aliphatic rings. The summed E-state index contributed by atoms with van der Waals surface area (Å²) >= 11 is 0. The van der Waals surface area contributed by atoms with E-state index in [0.29, 0.717) is 0 Å². The van der Waals surface area contributed by atoms with E-state index in [0.717, 1.165) is 6.07 Å². The number of rotatable bonds is 1. The molecular formula is C10H5F3O3. The molecule has 6 heteroatoms. The van der Waals surface area contributed by atoms with Gasteiger partial charge in [0, 0.05) is 5.92 Å². The predicted molar refractivity (Wildman–Crippen MR) is 47.6 cm³/mol. The molecule has 1 aromatic rings. The van der Waals surface area contributed by atoms with Crippen LogP contribution >= 0.6 is 0 Å². The molecule has 1 rings (SSSR count). The van der Waals surface area contributed by atoms with Crippen LogP contribution in [0.15, 0.2) is 24.3 Å². The molecule has 84 valence electrons. The summed E-state index contributed by atoms with van der Waals surface area (Å²) in [5.74, 6) is 1.81. The van der Waals surface area contributed by atoms with E-state index < -0.39 is 18.1 Å². The number of carboxylic acids is 1. The minimum atomic E-state index is -4.83. The highest BCUT2D eigenvalue weighted by molar-refractivity contribution is 5.87. The zero-order valence-electron chi connectivity index (χ0n) is 7.71. The van der Waals surface area contributed by atoms with Crippen LogP contribution in [0.1, 0.15) is 5.56 Å². The second kappa shape index (κ2) is 4.57. The van der Waals surface area contributed by atoms with E-state index in [2.05, 4.69) is 10.7 Å². The Morgan fingerprint density at radius 1 is 1.31 bits per heavy atom. The van der Waals surface area contributed by atoms with Gasteiger partial charge < -0.3 is 9.84 Å². The first-order chi connectivity index (χ1) is 7.38. The molecule has 0 radical (unpaired) electrons. The Balaban J connectivity index is 3.03. The first kappa shape index (κ1) is 11.9. The summed E-state index contributed by atoms with van der Waals surface area (Å²) in [5.41, 5.74) is -0.137. The number of ether oxygens (including phenoxy) is 1. The molecule has 0 aromatic heterocycles. The number of para-hydroxylation sites is 1. The van der Waals surface area contributed by atoms with Crippen LogP contribution in [0, 0.1) is 11.8 Å². The summed E-state index contributed by atoms with van der Waals surface area (Å²) in [4.78, 5) is 10.1. The van der Waals surface area contributed by atoms with Crippen molar-refractivity contribution in [2.45, 2.75) is 6.36 Å². The fourth-order valence-electron chi connectivity index (χ4n) is 0.904. The van der Waals surface area contributed by atoms with E-state index in [1.807, 2.05) is 0 Å². The van der Waals surface area contributed by atoms with Crippen molar-refractivity contribution in [3.8, 4) is 17.6 Å². The molecule has 0 saturated heterocycles. The molecule has 0 unspecified atom stereocenters. The maximum Gasteiger partial charge on any atom is 0.573 e. The van der Waals surface area contributed by atoms with Crippen molar-refractivity contribution in [2.75, 3.05) is 0 Å². The molecule has 0 saturated carbocycles. The predicted octanol–water partition coefficient (Wildman–Crippen LogP) is 2.02. The van der Waals surface area contributed by atoms with Crippen LogP contribution in [0.5, 0.6) is 5.75 Å². The van der Waals surface area contributed by atoms with Crippen molar-refractivity contribution in [1.29, 1.82) is 0 Å². The van der Waals surface area contributed by atoms with Crippen LogP contribution in [-0.2, 0) is 4.79 Å². The molecule has 3 nitrogen and oxygen atoms in total. The molecule has 16 heavy (non-hydrogen) atoms. The van der Waals surface area contributed by atoms with Crippen molar-refractivity contribution in [3.63, 3.8) is 0 Å². The zero-order chi connectivity index (χ0) is 12.2. The fourth-order valence-corrected chi connectivity index (χ4v) is 0.904. The summed E-state index contributed by atoms with van der Waals surface area (Å²) in [7, 11) is 0. The molecule has 0 amide bonds. The molecule has 1 aromatic carbocycles. The maximum atomic E-state index is 11.9.